The minimum atomic E-state index is -1.50. The maximum atomic E-state index is 8.36. The Balaban J connectivity index is 0.000000596. The van der Waals surface area contributed by atoms with Crippen LogP contribution >= 0.6 is 34.8 Å². The van der Waals surface area contributed by atoms with E-state index in [0.717, 1.165) is 22.7 Å². The first-order valence-corrected chi connectivity index (χ1v) is 8.98. The highest BCUT2D eigenvalue weighted by Gasteiger charge is 2.19. The lowest BCUT2D eigenvalue weighted by atomic mass is 9.91. The van der Waals surface area contributed by atoms with Gasteiger partial charge in [-0.15, -0.1) is 10.1 Å². The third kappa shape index (κ3) is 6.43. The Bertz CT molecular complexity index is 864. The minimum Gasteiger partial charge on any atom is -0.337 e. The van der Waals surface area contributed by atoms with Crippen LogP contribution in [0, 0.1) is 10.1 Å². The van der Waals surface area contributed by atoms with Crippen LogP contribution in [0.3, 0.4) is 0 Å². The SMILES string of the molecule is Clc1ccccc1C(Cc1c(Cl)cccc1Cl)Cn1ccnc1.O=[N+]([O-])O. The Hall–Kier alpha value is -2.28. The Morgan fingerprint density at radius 3 is 2.22 bits per heavy atom. The summed E-state index contributed by atoms with van der Waals surface area (Å²) in [6, 6.07) is 13.5. The molecule has 0 aliphatic heterocycles. The molecule has 1 aromatic heterocycles. The molecule has 0 spiro atoms. The van der Waals surface area contributed by atoms with E-state index in [2.05, 4.69) is 11.1 Å². The van der Waals surface area contributed by atoms with Crippen LogP contribution in [0.4, 0.5) is 0 Å². The van der Waals surface area contributed by atoms with E-state index in [-0.39, 0.29) is 5.92 Å². The van der Waals surface area contributed by atoms with Gasteiger partial charge in [-0.3, -0.25) is 0 Å². The summed E-state index contributed by atoms with van der Waals surface area (Å²) < 4.78 is 2.04. The van der Waals surface area contributed by atoms with Crippen LogP contribution < -0.4 is 0 Å². The van der Waals surface area contributed by atoms with Crippen molar-refractivity contribution >= 4 is 34.8 Å². The maximum Gasteiger partial charge on any atom is 0.291 e. The molecule has 0 saturated carbocycles. The van der Waals surface area contributed by atoms with Crippen LogP contribution in [0.5, 0.6) is 0 Å². The fourth-order valence-electron chi connectivity index (χ4n) is 2.70. The molecule has 3 rings (SSSR count). The summed E-state index contributed by atoms with van der Waals surface area (Å²) in [6.45, 7) is 0.755. The second-order valence-corrected chi connectivity index (χ2v) is 6.84. The van der Waals surface area contributed by atoms with Crippen molar-refractivity contribution in [2.75, 3.05) is 0 Å². The van der Waals surface area contributed by atoms with Crippen LogP contribution in [-0.2, 0) is 13.0 Å². The van der Waals surface area contributed by atoms with Crippen molar-refractivity contribution in [1.82, 2.24) is 9.55 Å². The van der Waals surface area contributed by atoms with E-state index in [9.17, 15) is 0 Å². The van der Waals surface area contributed by atoms with Gasteiger partial charge in [0.15, 0.2) is 0 Å². The largest absolute Gasteiger partial charge is 0.337 e. The van der Waals surface area contributed by atoms with Gasteiger partial charge in [0.05, 0.1) is 6.33 Å². The van der Waals surface area contributed by atoms with Crippen molar-refractivity contribution < 1.29 is 10.3 Å². The van der Waals surface area contributed by atoms with Gasteiger partial charge in [-0.2, -0.15) is 0 Å². The summed E-state index contributed by atoms with van der Waals surface area (Å²) in [5, 5.41) is 15.8. The molecule has 9 heteroatoms. The highest BCUT2D eigenvalue weighted by molar-refractivity contribution is 6.36. The second kappa shape index (κ2) is 10.2. The van der Waals surface area contributed by atoms with Crippen molar-refractivity contribution in [1.29, 1.82) is 0 Å². The first-order chi connectivity index (χ1) is 12.9. The predicted molar refractivity (Wildman–Crippen MR) is 105 cm³/mol. The monoisotopic (exact) mass is 427 g/mol. The second-order valence-electron chi connectivity index (χ2n) is 5.62. The zero-order chi connectivity index (χ0) is 19.8. The summed E-state index contributed by atoms with van der Waals surface area (Å²) in [4.78, 5) is 12.5. The van der Waals surface area contributed by atoms with E-state index in [4.69, 9.17) is 50.1 Å². The van der Waals surface area contributed by atoms with Crippen molar-refractivity contribution in [3.63, 3.8) is 0 Å². The molecule has 0 amide bonds. The third-order valence-corrected chi connectivity index (χ3v) is 4.90. The fourth-order valence-corrected chi connectivity index (χ4v) is 3.54. The zero-order valence-electron chi connectivity index (χ0n) is 14.0. The summed E-state index contributed by atoms with van der Waals surface area (Å²) in [5.74, 6) is 0.148. The van der Waals surface area contributed by atoms with E-state index in [1.807, 2.05) is 47.2 Å². The molecule has 142 valence electrons. The Morgan fingerprint density at radius 1 is 1.07 bits per heavy atom. The normalized spacial score (nSPS) is 11.4. The van der Waals surface area contributed by atoms with Gasteiger partial charge in [-0.1, -0.05) is 59.1 Å². The average molecular weight is 429 g/mol. The van der Waals surface area contributed by atoms with Gasteiger partial charge < -0.3 is 9.77 Å². The van der Waals surface area contributed by atoms with Gasteiger partial charge in [0, 0.05) is 39.9 Å². The molecule has 0 bridgehead atoms. The summed E-state index contributed by atoms with van der Waals surface area (Å²) in [7, 11) is 0. The lowest BCUT2D eigenvalue weighted by Gasteiger charge is -2.20. The Kier molecular flexibility index (Phi) is 7.91. The molecule has 0 aliphatic rings. The third-order valence-electron chi connectivity index (χ3n) is 3.85. The molecule has 6 nitrogen and oxygen atoms in total. The molecular weight excluding hydrogens is 413 g/mol. The van der Waals surface area contributed by atoms with E-state index in [1.165, 1.54) is 0 Å². The number of nitrogens with zero attached hydrogens (tertiary/aromatic N) is 3. The Morgan fingerprint density at radius 2 is 1.67 bits per heavy atom. The van der Waals surface area contributed by atoms with E-state index in [1.54, 1.807) is 12.5 Å². The first-order valence-electron chi connectivity index (χ1n) is 7.84. The number of hydrogen-bond acceptors (Lipinski definition) is 3. The summed E-state index contributed by atoms with van der Waals surface area (Å²) >= 11 is 19.1. The number of halogens is 3. The van der Waals surface area contributed by atoms with Crippen molar-refractivity contribution in [3.8, 4) is 0 Å². The molecule has 3 aromatic rings. The number of rotatable bonds is 5. The maximum absolute atomic E-state index is 8.36. The van der Waals surface area contributed by atoms with E-state index >= 15 is 0 Å². The number of imidazole rings is 1. The summed E-state index contributed by atoms with van der Waals surface area (Å²) in [6.07, 6.45) is 6.22. The minimum absolute atomic E-state index is 0.148. The molecule has 0 saturated heterocycles. The first kappa shape index (κ1) is 21.0. The van der Waals surface area contributed by atoms with Gasteiger partial charge in [0.25, 0.3) is 5.09 Å². The average Bonchev–Trinajstić information content (AvgIpc) is 3.10. The molecular formula is C18H16Cl3N3O3. The van der Waals surface area contributed by atoms with E-state index in [0.29, 0.717) is 16.5 Å². The molecule has 0 aliphatic carbocycles. The highest BCUT2D eigenvalue weighted by Crippen LogP contribution is 2.34. The molecule has 1 atom stereocenters. The van der Waals surface area contributed by atoms with Crippen molar-refractivity contribution in [2.24, 2.45) is 0 Å². The number of aromatic nitrogens is 2. The Labute approximate surface area is 171 Å². The van der Waals surface area contributed by atoms with Gasteiger partial charge in [0.1, 0.15) is 0 Å². The van der Waals surface area contributed by atoms with Crippen LogP contribution in [0.1, 0.15) is 17.0 Å². The van der Waals surface area contributed by atoms with Crippen molar-refractivity contribution in [2.45, 2.75) is 18.9 Å². The van der Waals surface area contributed by atoms with Crippen LogP contribution in [0.2, 0.25) is 15.1 Å². The van der Waals surface area contributed by atoms with Crippen LogP contribution in [0.25, 0.3) is 0 Å². The molecule has 0 fully saturated rings. The van der Waals surface area contributed by atoms with Gasteiger partial charge in [-0.05, 0) is 35.7 Å². The van der Waals surface area contributed by atoms with Crippen LogP contribution in [0.15, 0.2) is 61.2 Å². The van der Waals surface area contributed by atoms with Gasteiger partial charge >= 0.3 is 0 Å². The topological polar surface area (TPSA) is 81.2 Å². The number of benzene rings is 2. The molecule has 1 unspecified atom stereocenters. The molecule has 1 N–H and O–H groups in total. The quantitative estimate of drug-likeness (QED) is 0.428. The zero-order valence-corrected chi connectivity index (χ0v) is 16.3. The van der Waals surface area contributed by atoms with E-state index < -0.39 is 5.09 Å². The van der Waals surface area contributed by atoms with Gasteiger partial charge in [0.2, 0.25) is 0 Å². The summed E-state index contributed by atoms with van der Waals surface area (Å²) in [5.41, 5.74) is 2.03. The fraction of sp³-hybridized carbons (Fsp3) is 0.167. The smallest absolute Gasteiger partial charge is 0.291 e. The predicted octanol–water partition coefficient (Wildman–Crippen LogP) is 5.52. The standard InChI is InChI=1S/C18H15Cl3N2.HNO3/c19-16-5-2-1-4-14(16)13(11-23-9-8-22-12-23)10-15-17(20)6-3-7-18(15)21;2-1(3)4/h1-9,12-13H,10-11H2;(H,2,3,4). The molecule has 2 aromatic carbocycles. The lowest BCUT2D eigenvalue weighted by Crippen LogP contribution is -2.12. The lowest BCUT2D eigenvalue weighted by molar-refractivity contribution is -0.742. The highest BCUT2D eigenvalue weighted by atomic mass is 35.5. The van der Waals surface area contributed by atoms with Crippen molar-refractivity contribution in [3.05, 3.63) is 97.5 Å². The number of hydrogen-bond donors (Lipinski definition) is 1. The molecule has 0 radical (unpaired) electrons. The molecule has 27 heavy (non-hydrogen) atoms. The molecule has 1 heterocycles. The van der Waals surface area contributed by atoms with Crippen LogP contribution in [-0.4, -0.2) is 19.8 Å². The van der Waals surface area contributed by atoms with Gasteiger partial charge in [-0.25, -0.2) is 4.98 Å².